The summed E-state index contributed by atoms with van der Waals surface area (Å²) in [6.45, 7) is 8.71. The highest BCUT2D eigenvalue weighted by Gasteiger charge is 2.19. The number of hydrogen-bond acceptors (Lipinski definition) is 4. The molecule has 5 heteroatoms. The van der Waals surface area contributed by atoms with Gasteiger partial charge in [-0.1, -0.05) is 12.1 Å². The van der Waals surface area contributed by atoms with E-state index < -0.39 is 0 Å². The highest BCUT2D eigenvalue weighted by molar-refractivity contribution is 5.94. The largest absolute Gasteiger partial charge is 0.508 e. The van der Waals surface area contributed by atoms with Crippen molar-refractivity contribution < 1.29 is 9.90 Å². The van der Waals surface area contributed by atoms with Crippen molar-refractivity contribution in [3.8, 4) is 5.75 Å². The molecule has 156 valence electrons. The molecule has 1 aliphatic rings. The predicted octanol–water partition coefficient (Wildman–Crippen LogP) is 3.99. The van der Waals surface area contributed by atoms with Crippen LogP contribution in [0.4, 0.5) is 5.69 Å². The number of likely N-dealkylation sites (tertiary alicyclic amines) is 1. The third kappa shape index (κ3) is 5.97. The second kappa shape index (κ2) is 10.3. The number of benzene rings is 2. The molecule has 1 fully saturated rings. The molecule has 29 heavy (non-hydrogen) atoms. The summed E-state index contributed by atoms with van der Waals surface area (Å²) in [5.74, 6) is 0.386. The molecule has 0 spiro atoms. The van der Waals surface area contributed by atoms with Crippen LogP contribution in [0.5, 0.6) is 5.75 Å². The maximum Gasteiger partial charge on any atom is 0.253 e. The summed E-state index contributed by atoms with van der Waals surface area (Å²) in [4.78, 5) is 16.9. The van der Waals surface area contributed by atoms with Gasteiger partial charge in [0.05, 0.1) is 0 Å². The third-order valence-electron chi connectivity index (χ3n) is 5.62. The van der Waals surface area contributed by atoms with Gasteiger partial charge in [0.25, 0.3) is 5.91 Å². The SMILES string of the molecule is CCN(CC)C(=O)c1ccc(NC(Cc2cccc(O)c2)CN2CCCC2)cc1. The first-order valence-corrected chi connectivity index (χ1v) is 10.7. The van der Waals surface area contributed by atoms with Crippen LogP contribution in [0.15, 0.2) is 48.5 Å². The highest BCUT2D eigenvalue weighted by atomic mass is 16.3. The van der Waals surface area contributed by atoms with Crippen molar-refractivity contribution in [3.05, 3.63) is 59.7 Å². The molecule has 0 aromatic heterocycles. The van der Waals surface area contributed by atoms with Gasteiger partial charge >= 0.3 is 0 Å². The molecule has 1 saturated heterocycles. The summed E-state index contributed by atoms with van der Waals surface area (Å²) in [5.41, 5.74) is 2.86. The van der Waals surface area contributed by atoms with Crippen LogP contribution >= 0.6 is 0 Å². The molecule has 1 heterocycles. The van der Waals surface area contributed by atoms with E-state index in [-0.39, 0.29) is 11.9 Å². The molecular formula is C24H33N3O2. The summed E-state index contributed by atoms with van der Waals surface area (Å²) >= 11 is 0. The van der Waals surface area contributed by atoms with E-state index in [9.17, 15) is 9.90 Å². The number of nitrogens with one attached hydrogen (secondary N) is 1. The predicted molar refractivity (Wildman–Crippen MR) is 119 cm³/mol. The van der Waals surface area contributed by atoms with Crippen LogP contribution < -0.4 is 5.32 Å². The molecule has 1 aliphatic heterocycles. The first kappa shape index (κ1) is 21.2. The topological polar surface area (TPSA) is 55.8 Å². The number of carbonyl (C=O) groups excluding carboxylic acids is 1. The molecule has 2 N–H and O–H groups in total. The van der Waals surface area contributed by atoms with Crippen molar-refractivity contribution in [3.63, 3.8) is 0 Å². The Hall–Kier alpha value is -2.53. The fourth-order valence-corrected chi connectivity index (χ4v) is 4.04. The van der Waals surface area contributed by atoms with Crippen LogP contribution in [0.25, 0.3) is 0 Å². The minimum Gasteiger partial charge on any atom is -0.508 e. The van der Waals surface area contributed by atoms with Crippen LogP contribution in [0.2, 0.25) is 0 Å². The van der Waals surface area contributed by atoms with Gasteiger partial charge in [-0.25, -0.2) is 0 Å². The Labute approximate surface area is 174 Å². The highest BCUT2D eigenvalue weighted by Crippen LogP contribution is 2.19. The van der Waals surface area contributed by atoms with Crippen LogP contribution in [-0.4, -0.2) is 59.6 Å². The average Bonchev–Trinajstić information content (AvgIpc) is 3.22. The minimum absolute atomic E-state index is 0.0786. The lowest BCUT2D eigenvalue weighted by Crippen LogP contribution is -2.36. The van der Waals surface area contributed by atoms with Gasteiger partial charge < -0.3 is 20.2 Å². The summed E-state index contributed by atoms with van der Waals surface area (Å²) in [5, 5.41) is 13.5. The number of carbonyl (C=O) groups is 1. The maximum absolute atomic E-state index is 12.5. The van der Waals surface area contributed by atoms with Crippen molar-refractivity contribution in [2.45, 2.75) is 39.2 Å². The zero-order chi connectivity index (χ0) is 20.6. The molecule has 3 rings (SSSR count). The van der Waals surface area contributed by atoms with Gasteiger partial charge in [-0.3, -0.25) is 4.79 Å². The monoisotopic (exact) mass is 395 g/mol. The van der Waals surface area contributed by atoms with E-state index in [2.05, 4.69) is 16.3 Å². The zero-order valence-corrected chi connectivity index (χ0v) is 17.6. The smallest absolute Gasteiger partial charge is 0.253 e. The number of rotatable bonds is 9. The zero-order valence-electron chi connectivity index (χ0n) is 17.6. The van der Waals surface area contributed by atoms with Gasteiger partial charge in [-0.05, 0) is 88.2 Å². The molecular weight excluding hydrogens is 362 g/mol. The summed E-state index contributed by atoms with van der Waals surface area (Å²) in [6.07, 6.45) is 3.37. The van der Waals surface area contributed by atoms with Crippen molar-refractivity contribution in [2.24, 2.45) is 0 Å². The van der Waals surface area contributed by atoms with Crippen molar-refractivity contribution in [1.82, 2.24) is 9.80 Å². The van der Waals surface area contributed by atoms with E-state index in [0.717, 1.165) is 56.0 Å². The van der Waals surface area contributed by atoms with Gasteiger partial charge in [-0.15, -0.1) is 0 Å². The van der Waals surface area contributed by atoms with E-state index in [1.54, 1.807) is 6.07 Å². The number of anilines is 1. The second-order valence-electron chi connectivity index (χ2n) is 7.78. The minimum atomic E-state index is 0.0786. The van der Waals surface area contributed by atoms with Crippen molar-refractivity contribution in [1.29, 1.82) is 0 Å². The lowest BCUT2D eigenvalue weighted by molar-refractivity contribution is 0.0773. The Balaban J connectivity index is 1.70. The van der Waals surface area contributed by atoms with Gasteiger partial charge in [0.1, 0.15) is 5.75 Å². The lowest BCUT2D eigenvalue weighted by Gasteiger charge is -2.26. The van der Waals surface area contributed by atoms with Crippen molar-refractivity contribution in [2.75, 3.05) is 38.0 Å². The third-order valence-corrected chi connectivity index (χ3v) is 5.62. The Bertz CT molecular complexity index is 781. The molecule has 0 radical (unpaired) electrons. The number of phenols is 1. The molecule has 2 aromatic carbocycles. The van der Waals surface area contributed by atoms with Gasteiger partial charge in [0.15, 0.2) is 0 Å². The first-order chi connectivity index (χ1) is 14.1. The number of nitrogens with zero attached hydrogens (tertiary/aromatic N) is 2. The maximum atomic E-state index is 12.5. The molecule has 0 bridgehead atoms. The van der Waals surface area contributed by atoms with Crippen LogP contribution in [-0.2, 0) is 6.42 Å². The average molecular weight is 396 g/mol. The van der Waals surface area contributed by atoms with Gasteiger partial charge in [-0.2, -0.15) is 0 Å². The standard InChI is InChI=1S/C24H33N3O2/c1-3-27(4-2)24(29)20-10-12-21(13-11-20)25-22(18-26-14-5-6-15-26)16-19-8-7-9-23(28)17-19/h7-13,17,22,25,28H,3-6,14-16,18H2,1-2H3. The van der Waals surface area contributed by atoms with E-state index >= 15 is 0 Å². The lowest BCUT2D eigenvalue weighted by atomic mass is 10.0. The number of amides is 1. The van der Waals surface area contributed by atoms with E-state index in [1.807, 2.05) is 55.1 Å². The summed E-state index contributed by atoms with van der Waals surface area (Å²) < 4.78 is 0. The van der Waals surface area contributed by atoms with E-state index in [1.165, 1.54) is 12.8 Å². The number of phenolic OH excluding ortho intramolecular Hbond substituents is 1. The molecule has 1 atom stereocenters. The van der Waals surface area contributed by atoms with Crippen LogP contribution in [0, 0.1) is 0 Å². The van der Waals surface area contributed by atoms with Crippen molar-refractivity contribution >= 4 is 11.6 Å². The summed E-state index contributed by atoms with van der Waals surface area (Å²) in [6, 6.07) is 15.5. The fraction of sp³-hybridized carbons (Fsp3) is 0.458. The molecule has 5 nitrogen and oxygen atoms in total. The van der Waals surface area contributed by atoms with Crippen LogP contribution in [0.1, 0.15) is 42.6 Å². The van der Waals surface area contributed by atoms with Crippen LogP contribution in [0.3, 0.4) is 0 Å². The van der Waals surface area contributed by atoms with Gasteiger partial charge in [0, 0.05) is 36.9 Å². The fourth-order valence-electron chi connectivity index (χ4n) is 4.04. The number of hydrogen-bond donors (Lipinski definition) is 2. The molecule has 0 aliphatic carbocycles. The Morgan fingerprint density at radius 1 is 1.10 bits per heavy atom. The normalized spacial score (nSPS) is 15.2. The quantitative estimate of drug-likeness (QED) is 0.674. The van der Waals surface area contributed by atoms with E-state index in [4.69, 9.17) is 0 Å². The Kier molecular flexibility index (Phi) is 7.53. The molecule has 1 amide bonds. The Morgan fingerprint density at radius 3 is 2.41 bits per heavy atom. The number of aromatic hydroxyl groups is 1. The second-order valence-corrected chi connectivity index (χ2v) is 7.78. The Morgan fingerprint density at radius 2 is 1.79 bits per heavy atom. The molecule has 1 unspecified atom stereocenters. The first-order valence-electron chi connectivity index (χ1n) is 10.7. The van der Waals surface area contributed by atoms with E-state index in [0.29, 0.717) is 5.75 Å². The van der Waals surface area contributed by atoms with Gasteiger partial charge in [0.2, 0.25) is 0 Å². The summed E-state index contributed by atoms with van der Waals surface area (Å²) in [7, 11) is 0. The molecule has 2 aromatic rings. The molecule has 0 saturated carbocycles.